The minimum absolute atomic E-state index is 0.527. The molecule has 86 valence electrons. The summed E-state index contributed by atoms with van der Waals surface area (Å²) in [5, 5.41) is 13.1. The molecular weight excluding hydrogens is 230 g/mol. The summed E-state index contributed by atoms with van der Waals surface area (Å²) >= 11 is 1.68. The van der Waals surface area contributed by atoms with Crippen LogP contribution >= 0.6 is 11.3 Å². The van der Waals surface area contributed by atoms with Crippen LogP contribution in [-0.4, -0.2) is 7.05 Å². The number of nitrogen functional groups attached to an aromatic ring is 1. The predicted molar refractivity (Wildman–Crippen MR) is 72.0 cm³/mol. The lowest BCUT2D eigenvalue weighted by Gasteiger charge is -2.21. The number of benzene rings is 1. The van der Waals surface area contributed by atoms with Gasteiger partial charge in [-0.25, -0.2) is 0 Å². The zero-order valence-electron chi connectivity index (χ0n) is 9.55. The third-order valence-electron chi connectivity index (χ3n) is 2.61. The lowest BCUT2D eigenvalue weighted by molar-refractivity contribution is 0.929. The van der Waals surface area contributed by atoms with Crippen molar-refractivity contribution in [2.24, 2.45) is 0 Å². The van der Waals surface area contributed by atoms with E-state index in [0.717, 1.165) is 12.2 Å². The lowest BCUT2D eigenvalue weighted by atomic mass is 10.1. The number of anilines is 2. The van der Waals surface area contributed by atoms with Gasteiger partial charge < -0.3 is 10.6 Å². The molecule has 0 bridgehead atoms. The molecule has 0 aliphatic rings. The van der Waals surface area contributed by atoms with E-state index in [1.165, 1.54) is 5.56 Å². The smallest absolute Gasteiger partial charge is 0.101 e. The van der Waals surface area contributed by atoms with Crippen molar-refractivity contribution >= 4 is 22.7 Å². The van der Waals surface area contributed by atoms with Gasteiger partial charge >= 0.3 is 0 Å². The Kier molecular flexibility index (Phi) is 3.31. The van der Waals surface area contributed by atoms with Crippen LogP contribution in [0.15, 0.2) is 35.0 Å². The van der Waals surface area contributed by atoms with Gasteiger partial charge in [-0.2, -0.15) is 16.6 Å². The minimum Gasteiger partial charge on any atom is -0.396 e. The van der Waals surface area contributed by atoms with Gasteiger partial charge in [-0.05, 0) is 34.5 Å². The second-order valence-electron chi connectivity index (χ2n) is 3.84. The summed E-state index contributed by atoms with van der Waals surface area (Å²) in [5.74, 6) is 0. The molecule has 1 aromatic heterocycles. The number of nitrogens with two attached hydrogens (primary N) is 1. The number of nitrogens with zero attached hydrogens (tertiary/aromatic N) is 2. The first-order valence-electron chi connectivity index (χ1n) is 5.23. The van der Waals surface area contributed by atoms with E-state index in [1.807, 2.05) is 19.2 Å². The maximum Gasteiger partial charge on any atom is 0.101 e. The van der Waals surface area contributed by atoms with E-state index in [4.69, 9.17) is 11.0 Å². The fourth-order valence-electron chi connectivity index (χ4n) is 1.73. The number of rotatable bonds is 3. The molecule has 0 radical (unpaired) electrons. The quantitative estimate of drug-likeness (QED) is 0.843. The van der Waals surface area contributed by atoms with Gasteiger partial charge in [0.05, 0.1) is 16.9 Å². The van der Waals surface area contributed by atoms with Crippen molar-refractivity contribution in [2.75, 3.05) is 17.7 Å². The first-order chi connectivity index (χ1) is 8.22. The molecule has 1 aromatic carbocycles. The van der Waals surface area contributed by atoms with Gasteiger partial charge in [-0.15, -0.1) is 0 Å². The molecule has 1 heterocycles. The van der Waals surface area contributed by atoms with Crippen LogP contribution in [0.3, 0.4) is 0 Å². The van der Waals surface area contributed by atoms with E-state index in [0.29, 0.717) is 11.3 Å². The zero-order chi connectivity index (χ0) is 12.3. The van der Waals surface area contributed by atoms with Gasteiger partial charge in [0.2, 0.25) is 0 Å². The van der Waals surface area contributed by atoms with Gasteiger partial charge in [0, 0.05) is 13.6 Å². The zero-order valence-corrected chi connectivity index (χ0v) is 10.4. The molecular formula is C13H13N3S. The highest BCUT2D eigenvalue weighted by atomic mass is 32.1. The van der Waals surface area contributed by atoms with Crippen LogP contribution in [0.25, 0.3) is 0 Å². The van der Waals surface area contributed by atoms with Crippen molar-refractivity contribution in [1.82, 2.24) is 0 Å². The van der Waals surface area contributed by atoms with Crippen LogP contribution in [0.4, 0.5) is 11.4 Å². The van der Waals surface area contributed by atoms with Crippen LogP contribution in [-0.2, 0) is 6.54 Å². The van der Waals surface area contributed by atoms with Crippen molar-refractivity contribution in [3.63, 3.8) is 0 Å². The van der Waals surface area contributed by atoms with Gasteiger partial charge in [0.15, 0.2) is 0 Å². The van der Waals surface area contributed by atoms with Gasteiger partial charge in [0.25, 0.3) is 0 Å². The Morgan fingerprint density at radius 1 is 1.41 bits per heavy atom. The van der Waals surface area contributed by atoms with Crippen molar-refractivity contribution in [3.05, 3.63) is 46.2 Å². The second kappa shape index (κ2) is 4.89. The summed E-state index contributed by atoms with van der Waals surface area (Å²) in [6.45, 7) is 0.794. The fourth-order valence-corrected chi connectivity index (χ4v) is 2.38. The maximum absolute atomic E-state index is 8.93. The molecule has 0 aliphatic heterocycles. The first-order valence-corrected chi connectivity index (χ1v) is 6.17. The number of nitriles is 1. The second-order valence-corrected chi connectivity index (χ2v) is 4.62. The highest BCUT2D eigenvalue weighted by Crippen LogP contribution is 2.26. The molecule has 17 heavy (non-hydrogen) atoms. The summed E-state index contributed by atoms with van der Waals surface area (Å²) in [6, 6.07) is 9.71. The molecule has 0 spiro atoms. The number of hydrogen-bond acceptors (Lipinski definition) is 4. The molecule has 0 saturated carbocycles. The highest BCUT2D eigenvalue weighted by Gasteiger charge is 2.09. The maximum atomic E-state index is 8.93. The van der Waals surface area contributed by atoms with Gasteiger partial charge in [0.1, 0.15) is 6.07 Å². The predicted octanol–water partition coefficient (Wildman–Crippen LogP) is 2.84. The standard InChI is InChI=1S/C13H13N3S/c1-16(8-10-5-6-17-9-10)12-4-2-3-11(7-14)13(12)15/h2-6,9H,8,15H2,1H3. The highest BCUT2D eigenvalue weighted by molar-refractivity contribution is 7.07. The molecule has 3 nitrogen and oxygen atoms in total. The minimum atomic E-state index is 0.527. The van der Waals surface area contributed by atoms with Crippen molar-refractivity contribution < 1.29 is 0 Å². The van der Waals surface area contributed by atoms with Crippen LogP contribution in [0.2, 0.25) is 0 Å². The Balaban J connectivity index is 2.25. The molecule has 2 rings (SSSR count). The van der Waals surface area contributed by atoms with E-state index in [2.05, 4.69) is 27.8 Å². The molecule has 0 aliphatic carbocycles. The average molecular weight is 243 g/mol. The molecule has 4 heteroatoms. The van der Waals surface area contributed by atoms with Crippen molar-refractivity contribution in [3.8, 4) is 6.07 Å². The summed E-state index contributed by atoms with van der Waals surface area (Å²) < 4.78 is 0. The lowest BCUT2D eigenvalue weighted by Crippen LogP contribution is -2.17. The largest absolute Gasteiger partial charge is 0.396 e. The van der Waals surface area contributed by atoms with Crippen molar-refractivity contribution in [1.29, 1.82) is 5.26 Å². The van der Waals surface area contributed by atoms with E-state index in [9.17, 15) is 0 Å². The molecule has 0 saturated heterocycles. The van der Waals surface area contributed by atoms with E-state index < -0.39 is 0 Å². The molecule has 2 N–H and O–H groups in total. The molecule has 0 fully saturated rings. The molecule has 0 atom stereocenters. The Hall–Kier alpha value is -1.99. The number of thiophene rings is 1. The topological polar surface area (TPSA) is 53.0 Å². The van der Waals surface area contributed by atoms with E-state index >= 15 is 0 Å². The SMILES string of the molecule is CN(Cc1ccsc1)c1cccc(C#N)c1N. The Morgan fingerprint density at radius 3 is 2.88 bits per heavy atom. The van der Waals surface area contributed by atoms with Gasteiger partial charge in [-0.3, -0.25) is 0 Å². The number of para-hydroxylation sites is 1. The molecule has 0 amide bonds. The van der Waals surface area contributed by atoms with E-state index in [-0.39, 0.29) is 0 Å². The summed E-state index contributed by atoms with van der Waals surface area (Å²) in [7, 11) is 1.98. The van der Waals surface area contributed by atoms with Crippen molar-refractivity contribution in [2.45, 2.75) is 6.54 Å². The third-order valence-corrected chi connectivity index (χ3v) is 3.35. The Labute approximate surface area is 105 Å². The van der Waals surface area contributed by atoms with Crippen LogP contribution in [0, 0.1) is 11.3 Å². The fraction of sp³-hybridized carbons (Fsp3) is 0.154. The van der Waals surface area contributed by atoms with Crippen LogP contribution in [0.1, 0.15) is 11.1 Å². The Morgan fingerprint density at radius 2 is 2.24 bits per heavy atom. The summed E-state index contributed by atoms with van der Waals surface area (Å²) in [5.41, 5.74) is 9.19. The monoisotopic (exact) mass is 243 g/mol. The summed E-state index contributed by atoms with van der Waals surface area (Å²) in [6.07, 6.45) is 0. The number of hydrogen-bond donors (Lipinski definition) is 1. The van der Waals surface area contributed by atoms with Gasteiger partial charge in [-0.1, -0.05) is 6.07 Å². The third kappa shape index (κ3) is 2.40. The molecule has 0 unspecified atom stereocenters. The molecule has 2 aromatic rings. The van der Waals surface area contributed by atoms with Crippen LogP contribution in [0.5, 0.6) is 0 Å². The average Bonchev–Trinajstić information content (AvgIpc) is 2.82. The first kappa shape index (κ1) is 11.5. The normalized spacial score (nSPS) is 9.88. The summed E-state index contributed by atoms with van der Waals surface area (Å²) in [4.78, 5) is 2.05. The Bertz CT molecular complexity index is 540. The van der Waals surface area contributed by atoms with E-state index in [1.54, 1.807) is 17.4 Å². The van der Waals surface area contributed by atoms with Crippen LogP contribution < -0.4 is 10.6 Å².